The van der Waals surface area contributed by atoms with E-state index in [4.69, 9.17) is 27.9 Å². The molecule has 0 aliphatic heterocycles. The van der Waals surface area contributed by atoms with Gasteiger partial charge in [-0.3, -0.25) is 9.59 Å². The van der Waals surface area contributed by atoms with Gasteiger partial charge in [-0.2, -0.15) is 0 Å². The molecule has 0 atom stereocenters. The highest BCUT2D eigenvalue weighted by Crippen LogP contribution is 2.26. The Morgan fingerprint density at radius 1 is 1.09 bits per heavy atom. The molecule has 5 nitrogen and oxygen atoms in total. The van der Waals surface area contributed by atoms with E-state index in [2.05, 4.69) is 10.6 Å². The van der Waals surface area contributed by atoms with Crippen molar-refractivity contribution in [2.75, 3.05) is 24.4 Å². The molecule has 23 heavy (non-hydrogen) atoms. The molecule has 2 aromatic carbocycles. The third-order valence-electron chi connectivity index (χ3n) is 2.86. The van der Waals surface area contributed by atoms with E-state index in [0.717, 1.165) is 0 Å². The molecule has 0 aliphatic carbocycles. The quantitative estimate of drug-likeness (QED) is 0.859. The van der Waals surface area contributed by atoms with Gasteiger partial charge in [-0.1, -0.05) is 29.3 Å². The van der Waals surface area contributed by atoms with Crippen LogP contribution in [0.25, 0.3) is 0 Å². The molecule has 0 heterocycles. The second-order valence-electron chi connectivity index (χ2n) is 4.64. The van der Waals surface area contributed by atoms with E-state index in [9.17, 15) is 9.59 Å². The Morgan fingerprint density at radius 3 is 2.52 bits per heavy atom. The lowest BCUT2D eigenvalue weighted by atomic mass is 10.2. The summed E-state index contributed by atoms with van der Waals surface area (Å²) in [7, 11) is 1.43. The van der Waals surface area contributed by atoms with Crippen LogP contribution in [0.2, 0.25) is 10.0 Å². The zero-order valence-corrected chi connectivity index (χ0v) is 13.7. The molecule has 2 aromatic rings. The van der Waals surface area contributed by atoms with Crippen LogP contribution in [-0.2, 0) is 9.53 Å². The Hall–Kier alpha value is -2.08. The predicted octanol–water partition coefficient (Wildman–Crippen LogP) is 3.83. The third-order valence-corrected chi connectivity index (χ3v) is 3.41. The van der Waals surface area contributed by atoms with Gasteiger partial charge < -0.3 is 15.4 Å². The van der Waals surface area contributed by atoms with Crippen molar-refractivity contribution in [3.63, 3.8) is 0 Å². The number of carbonyl (C=O) groups is 2. The zero-order valence-electron chi connectivity index (χ0n) is 12.2. The van der Waals surface area contributed by atoms with Crippen LogP contribution in [0.15, 0.2) is 42.5 Å². The first-order valence-corrected chi connectivity index (χ1v) is 7.40. The second-order valence-corrected chi connectivity index (χ2v) is 5.48. The Bertz CT molecular complexity index is 735. The molecular formula is C16H14Cl2N2O3. The van der Waals surface area contributed by atoms with Gasteiger partial charge in [0.25, 0.3) is 5.91 Å². The number of halogens is 2. The van der Waals surface area contributed by atoms with Crippen LogP contribution in [0.4, 0.5) is 11.4 Å². The first-order valence-electron chi connectivity index (χ1n) is 6.65. The molecule has 120 valence electrons. The van der Waals surface area contributed by atoms with E-state index in [0.29, 0.717) is 27.0 Å². The summed E-state index contributed by atoms with van der Waals surface area (Å²) in [4.78, 5) is 23.6. The highest BCUT2D eigenvalue weighted by molar-refractivity contribution is 6.34. The minimum atomic E-state index is -0.315. The van der Waals surface area contributed by atoms with Crippen molar-refractivity contribution < 1.29 is 14.3 Å². The van der Waals surface area contributed by atoms with Gasteiger partial charge in [-0.05, 0) is 36.4 Å². The molecule has 2 amide bonds. The van der Waals surface area contributed by atoms with Crippen molar-refractivity contribution in [1.82, 2.24) is 0 Å². The van der Waals surface area contributed by atoms with E-state index >= 15 is 0 Å². The molecule has 0 aromatic heterocycles. The molecule has 0 saturated heterocycles. The maximum atomic E-state index is 12.1. The van der Waals surface area contributed by atoms with Crippen molar-refractivity contribution in [1.29, 1.82) is 0 Å². The molecule has 2 rings (SSSR count). The fourth-order valence-corrected chi connectivity index (χ4v) is 2.26. The summed E-state index contributed by atoms with van der Waals surface area (Å²) in [5.74, 6) is -0.621. The number of carbonyl (C=O) groups excluding carboxylic acids is 2. The van der Waals surface area contributed by atoms with Gasteiger partial charge >= 0.3 is 0 Å². The molecule has 0 saturated carbocycles. The van der Waals surface area contributed by atoms with Gasteiger partial charge in [0.15, 0.2) is 0 Å². The van der Waals surface area contributed by atoms with Gasteiger partial charge in [0.05, 0.1) is 10.7 Å². The summed E-state index contributed by atoms with van der Waals surface area (Å²) >= 11 is 12.0. The fourth-order valence-electron chi connectivity index (χ4n) is 1.84. The van der Waals surface area contributed by atoms with Crippen LogP contribution < -0.4 is 10.6 Å². The largest absolute Gasteiger partial charge is 0.375 e. The van der Waals surface area contributed by atoms with E-state index in [1.165, 1.54) is 7.11 Å². The van der Waals surface area contributed by atoms with Gasteiger partial charge in [-0.25, -0.2) is 0 Å². The summed E-state index contributed by atoms with van der Waals surface area (Å²) in [5.41, 5.74) is 1.38. The maximum Gasteiger partial charge on any atom is 0.255 e. The molecule has 0 spiro atoms. The van der Waals surface area contributed by atoms with Crippen LogP contribution in [0.3, 0.4) is 0 Å². The van der Waals surface area contributed by atoms with Crippen molar-refractivity contribution >= 4 is 46.4 Å². The van der Waals surface area contributed by atoms with E-state index in [1.807, 2.05) is 0 Å². The van der Waals surface area contributed by atoms with Crippen molar-refractivity contribution in [2.24, 2.45) is 0 Å². The second kappa shape index (κ2) is 7.97. The average molecular weight is 353 g/mol. The van der Waals surface area contributed by atoms with Crippen molar-refractivity contribution in [2.45, 2.75) is 0 Å². The Labute approximate surface area is 143 Å². The number of amides is 2. The Kier molecular flexibility index (Phi) is 5.98. The number of rotatable bonds is 5. The lowest BCUT2D eigenvalue weighted by Crippen LogP contribution is -2.17. The lowest BCUT2D eigenvalue weighted by Gasteiger charge is -2.10. The third kappa shape index (κ3) is 4.96. The van der Waals surface area contributed by atoms with E-state index in [1.54, 1.807) is 42.5 Å². The molecule has 0 unspecified atom stereocenters. The highest BCUT2D eigenvalue weighted by atomic mass is 35.5. The van der Waals surface area contributed by atoms with Crippen LogP contribution >= 0.6 is 23.2 Å². The number of nitrogens with one attached hydrogen (secondary N) is 2. The molecule has 0 radical (unpaired) electrons. The minimum Gasteiger partial charge on any atom is -0.375 e. The molecule has 0 aliphatic rings. The molecule has 0 fully saturated rings. The van der Waals surface area contributed by atoms with Gasteiger partial charge in [0.1, 0.15) is 6.61 Å². The minimum absolute atomic E-state index is 0.0659. The standard InChI is InChI=1S/C16H14Cl2N2O3/c1-23-9-15(21)20-14-6-5-12(8-13(14)18)19-16(22)10-3-2-4-11(17)7-10/h2-8H,9H2,1H3,(H,19,22)(H,20,21). The van der Waals surface area contributed by atoms with Gasteiger partial charge in [0, 0.05) is 23.4 Å². The summed E-state index contributed by atoms with van der Waals surface area (Å²) in [6.07, 6.45) is 0. The molecule has 0 bridgehead atoms. The molecular weight excluding hydrogens is 339 g/mol. The monoisotopic (exact) mass is 352 g/mol. The van der Waals surface area contributed by atoms with E-state index in [-0.39, 0.29) is 18.4 Å². The van der Waals surface area contributed by atoms with Crippen LogP contribution in [0.1, 0.15) is 10.4 Å². The maximum absolute atomic E-state index is 12.1. The first-order chi connectivity index (χ1) is 11.0. The number of methoxy groups -OCH3 is 1. The summed E-state index contributed by atoms with van der Waals surface area (Å²) in [6.45, 7) is -0.0659. The average Bonchev–Trinajstić information content (AvgIpc) is 2.50. The topological polar surface area (TPSA) is 67.4 Å². The number of benzene rings is 2. The van der Waals surface area contributed by atoms with Crippen molar-refractivity contribution in [3.8, 4) is 0 Å². The first kappa shape index (κ1) is 17.3. The number of hydrogen-bond donors (Lipinski definition) is 2. The number of anilines is 2. The number of hydrogen-bond acceptors (Lipinski definition) is 3. The Morgan fingerprint density at radius 2 is 1.87 bits per heavy atom. The summed E-state index contributed by atoms with van der Waals surface area (Å²) in [5, 5.41) is 6.10. The molecule has 2 N–H and O–H groups in total. The van der Waals surface area contributed by atoms with E-state index < -0.39 is 0 Å². The van der Waals surface area contributed by atoms with Crippen LogP contribution in [-0.4, -0.2) is 25.5 Å². The highest BCUT2D eigenvalue weighted by Gasteiger charge is 2.10. The van der Waals surface area contributed by atoms with Crippen LogP contribution in [0.5, 0.6) is 0 Å². The van der Waals surface area contributed by atoms with Gasteiger partial charge in [-0.15, -0.1) is 0 Å². The zero-order chi connectivity index (χ0) is 16.8. The Balaban J connectivity index is 2.08. The van der Waals surface area contributed by atoms with Crippen molar-refractivity contribution in [3.05, 3.63) is 58.1 Å². The SMILES string of the molecule is COCC(=O)Nc1ccc(NC(=O)c2cccc(Cl)c2)cc1Cl. The normalized spacial score (nSPS) is 10.2. The number of ether oxygens (including phenoxy) is 1. The summed E-state index contributed by atoms with van der Waals surface area (Å²) < 4.78 is 4.73. The van der Waals surface area contributed by atoms with Gasteiger partial charge in [0.2, 0.25) is 5.91 Å². The lowest BCUT2D eigenvalue weighted by molar-refractivity contribution is -0.119. The predicted molar refractivity (Wildman–Crippen MR) is 91.4 cm³/mol. The smallest absolute Gasteiger partial charge is 0.255 e. The fraction of sp³-hybridized carbons (Fsp3) is 0.125. The van der Waals surface area contributed by atoms with Crippen LogP contribution in [0, 0.1) is 0 Å². The summed E-state index contributed by atoms with van der Waals surface area (Å²) in [6, 6.07) is 11.4. The molecule has 7 heteroatoms.